The van der Waals surface area contributed by atoms with E-state index in [2.05, 4.69) is 15.2 Å². The number of aliphatic imine (C=N–C) groups is 1. The zero-order chi connectivity index (χ0) is 15.7. The van der Waals surface area contributed by atoms with Gasteiger partial charge < -0.3 is 20.5 Å². The molecule has 6 heteroatoms. The van der Waals surface area contributed by atoms with Crippen LogP contribution in [0.1, 0.15) is 32.6 Å². The summed E-state index contributed by atoms with van der Waals surface area (Å²) < 4.78 is 10.8. The van der Waals surface area contributed by atoms with E-state index in [1.807, 2.05) is 6.92 Å². The maximum atomic E-state index is 5.96. The lowest BCUT2D eigenvalue weighted by Crippen LogP contribution is -2.39. The molecule has 1 saturated carbocycles. The van der Waals surface area contributed by atoms with Gasteiger partial charge in [-0.05, 0) is 44.6 Å². The van der Waals surface area contributed by atoms with Crippen LogP contribution in [0, 0.1) is 5.41 Å². The van der Waals surface area contributed by atoms with Crippen molar-refractivity contribution >= 4 is 5.96 Å². The van der Waals surface area contributed by atoms with E-state index in [4.69, 9.17) is 15.2 Å². The van der Waals surface area contributed by atoms with E-state index in [1.165, 1.54) is 12.8 Å². The Hall–Kier alpha value is -0.850. The predicted molar refractivity (Wildman–Crippen MR) is 89.1 cm³/mol. The normalized spacial score (nSPS) is 21.8. The number of hydrogen-bond donors (Lipinski definition) is 2. The lowest BCUT2D eigenvalue weighted by Gasteiger charge is -2.26. The van der Waals surface area contributed by atoms with Crippen LogP contribution in [0.3, 0.4) is 0 Å². The van der Waals surface area contributed by atoms with Gasteiger partial charge in [0, 0.05) is 39.4 Å². The summed E-state index contributed by atoms with van der Waals surface area (Å²) in [6.07, 6.45) is 4.71. The van der Waals surface area contributed by atoms with Crippen LogP contribution in [0.4, 0.5) is 0 Å². The Bertz CT molecular complexity index is 339. The molecule has 0 aromatic rings. The molecular formula is C16H32N4O2. The molecule has 3 N–H and O–H groups in total. The van der Waals surface area contributed by atoms with Crippen molar-refractivity contribution in [2.75, 3.05) is 59.2 Å². The Morgan fingerprint density at radius 2 is 2.14 bits per heavy atom. The van der Waals surface area contributed by atoms with E-state index < -0.39 is 0 Å². The minimum absolute atomic E-state index is 0.370. The van der Waals surface area contributed by atoms with Crippen LogP contribution < -0.4 is 11.1 Å². The summed E-state index contributed by atoms with van der Waals surface area (Å²) in [5.41, 5.74) is 6.33. The Labute approximate surface area is 134 Å². The summed E-state index contributed by atoms with van der Waals surface area (Å²) in [7, 11) is 0. The predicted octanol–water partition coefficient (Wildman–Crippen LogP) is 0.820. The molecule has 0 spiro atoms. The van der Waals surface area contributed by atoms with Gasteiger partial charge in [-0.25, -0.2) is 0 Å². The molecule has 0 aromatic carbocycles. The molecule has 6 nitrogen and oxygen atoms in total. The summed E-state index contributed by atoms with van der Waals surface area (Å²) >= 11 is 0. The highest BCUT2D eigenvalue weighted by atomic mass is 16.5. The molecule has 0 amide bonds. The first-order valence-corrected chi connectivity index (χ1v) is 8.66. The lowest BCUT2D eigenvalue weighted by molar-refractivity contribution is 0.0376. The van der Waals surface area contributed by atoms with Gasteiger partial charge in [-0.15, -0.1) is 0 Å². The van der Waals surface area contributed by atoms with Gasteiger partial charge >= 0.3 is 0 Å². The van der Waals surface area contributed by atoms with E-state index >= 15 is 0 Å². The summed E-state index contributed by atoms with van der Waals surface area (Å²) in [5, 5.41) is 3.23. The highest BCUT2D eigenvalue weighted by Crippen LogP contribution is 2.48. The number of ether oxygens (including phenoxy) is 2. The Balaban J connectivity index is 1.53. The second-order valence-corrected chi connectivity index (χ2v) is 6.38. The monoisotopic (exact) mass is 312 g/mol. The molecule has 128 valence electrons. The minimum Gasteiger partial charge on any atom is -0.382 e. The third-order valence-electron chi connectivity index (χ3n) is 4.58. The van der Waals surface area contributed by atoms with Crippen LogP contribution in [-0.4, -0.2) is 70.0 Å². The first kappa shape index (κ1) is 17.5. The SMILES string of the molecule is CCOCCC1(CN=C(N)NCCCN2CCOCC2)CC1. The van der Waals surface area contributed by atoms with Gasteiger partial charge in [0.1, 0.15) is 0 Å². The highest BCUT2D eigenvalue weighted by molar-refractivity contribution is 5.77. The highest BCUT2D eigenvalue weighted by Gasteiger charge is 2.41. The number of nitrogens with two attached hydrogens (primary N) is 1. The number of guanidine groups is 1. The van der Waals surface area contributed by atoms with Crippen molar-refractivity contribution in [3.63, 3.8) is 0 Å². The topological polar surface area (TPSA) is 72.1 Å². The summed E-state index contributed by atoms with van der Waals surface area (Å²) in [6.45, 7) is 10.3. The van der Waals surface area contributed by atoms with Crippen molar-refractivity contribution in [3.05, 3.63) is 0 Å². The third kappa shape index (κ3) is 6.50. The van der Waals surface area contributed by atoms with Crippen molar-refractivity contribution in [1.29, 1.82) is 0 Å². The molecule has 0 aromatic heterocycles. The van der Waals surface area contributed by atoms with Gasteiger partial charge in [0.15, 0.2) is 5.96 Å². The van der Waals surface area contributed by atoms with Crippen LogP contribution in [0.15, 0.2) is 4.99 Å². The molecular weight excluding hydrogens is 280 g/mol. The van der Waals surface area contributed by atoms with Gasteiger partial charge in [0.05, 0.1) is 13.2 Å². The number of morpholine rings is 1. The zero-order valence-electron chi connectivity index (χ0n) is 14.0. The average Bonchev–Trinajstić information content (AvgIpc) is 3.31. The number of hydrogen-bond acceptors (Lipinski definition) is 4. The molecule has 22 heavy (non-hydrogen) atoms. The van der Waals surface area contributed by atoms with Crippen LogP contribution in [0.5, 0.6) is 0 Å². The molecule has 0 bridgehead atoms. The van der Waals surface area contributed by atoms with Crippen LogP contribution in [0.25, 0.3) is 0 Å². The summed E-state index contributed by atoms with van der Waals surface area (Å²) in [4.78, 5) is 6.95. The third-order valence-corrected chi connectivity index (χ3v) is 4.58. The van der Waals surface area contributed by atoms with Gasteiger partial charge in [-0.3, -0.25) is 9.89 Å². The standard InChI is InChI=1S/C16H32N4O2/c1-2-21-11-6-16(4-5-16)14-19-15(17)18-7-3-8-20-9-12-22-13-10-20/h2-14H2,1H3,(H3,17,18,19). The van der Waals surface area contributed by atoms with Gasteiger partial charge in [0.25, 0.3) is 0 Å². The van der Waals surface area contributed by atoms with Crippen LogP contribution in [0.2, 0.25) is 0 Å². The smallest absolute Gasteiger partial charge is 0.188 e. The average molecular weight is 312 g/mol. The number of rotatable bonds is 10. The summed E-state index contributed by atoms with van der Waals surface area (Å²) in [5.74, 6) is 0.588. The Morgan fingerprint density at radius 3 is 2.82 bits per heavy atom. The largest absolute Gasteiger partial charge is 0.382 e. The first-order chi connectivity index (χ1) is 10.7. The fourth-order valence-corrected chi connectivity index (χ4v) is 2.75. The van der Waals surface area contributed by atoms with E-state index in [0.717, 1.165) is 72.0 Å². The summed E-state index contributed by atoms with van der Waals surface area (Å²) in [6, 6.07) is 0. The van der Waals surface area contributed by atoms with E-state index in [-0.39, 0.29) is 0 Å². The number of nitrogens with one attached hydrogen (secondary N) is 1. The fraction of sp³-hybridized carbons (Fsp3) is 0.938. The lowest BCUT2D eigenvalue weighted by atomic mass is 10.0. The Morgan fingerprint density at radius 1 is 1.36 bits per heavy atom. The van der Waals surface area contributed by atoms with Crippen molar-refractivity contribution in [3.8, 4) is 0 Å². The molecule has 2 rings (SSSR count). The van der Waals surface area contributed by atoms with Crippen molar-refractivity contribution in [2.24, 2.45) is 16.1 Å². The van der Waals surface area contributed by atoms with Crippen molar-refractivity contribution in [1.82, 2.24) is 10.2 Å². The van der Waals surface area contributed by atoms with E-state index in [0.29, 0.717) is 11.4 Å². The molecule has 0 unspecified atom stereocenters. The molecule has 1 heterocycles. The molecule has 2 fully saturated rings. The molecule has 0 radical (unpaired) electrons. The molecule has 1 aliphatic carbocycles. The molecule has 0 atom stereocenters. The maximum Gasteiger partial charge on any atom is 0.188 e. The fourth-order valence-electron chi connectivity index (χ4n) is 2.75. The van der Waals surface area contributed by atoms with Gasteiger partial charge in [-0.2, -0.15) is 0 Å². The van der Waals surface area contributed by atoms with Crippen molar-refractivity contribution < 1.29 is 9.47 Å². The Kier molecular flexibility index (Phi) is 7.42. The molecule has 1 saturated heterocycles. The van der Waals surface area contributed by atoms with Crippen molar-refractivity contribution in [2.45, 2.75) is 32.6 Å². The zero-order valence-corrected chi connectivity index (χ0v) is 14.0. The number of nitrogens with zero attached hydrogens (tertiary/aromatic N) is 2. The minimum atomic E-state index is 0.370. The second kappa shape index (κ2) is 9.33. The van der Waals surface area contributed by atoms with E-state index in [9.17, 15) is 0 Å². The molecule has 2 aliphatic rings. The van der Waals surface area contributed by atoms with E-state index in [1.54, 1.807) is 0 Å². The quantitative estimate of drug-likeness (QED) is 0.355. The maximum absolute atomic E-state index is 5.96. The first-order valence-electron chi connectivity index (χ1n) is 8.66. The molecule has 1 aliphatic heterocycles. The van der Waals surface area contributed by atoms with Gasteiger partial charge in [-0.1, -0.05) is 0 Å². The van der Waals surface area contributed by atoms with Crippen LogP contribution in [-0.2, 0) is 9.47 Å². The van der Waals surface area contributed by atoms with Crippen LogP contribution >= 0.6 is 0 Å². The van der Waals surface area contributed by atoms with Gasteiger partial charge in [0.2, 0.25) is 0 Å². The second-order valence-electron chi connectivity index (χ2n) is 6.38.